The van der Waals surface area contributed by atoms with Crippen molar-refractivity contribution in [1.82, 2.24) is 0 Å². The lowest BCUT2D eigenvalue weighted by Crippen LogP contribution is -2.09. The van der Waals surface area contributed by atoms with Crippen molar-refractivity contribution >= 4 is 31.7 Å². The zero-order valence-corrected chi connectivity index (χ0v) is 15.9. The van der Waals surface area contributed by atoms with Crippen LogP contribution in [0.3, 0.4) is 0 Å². The fraction of sp³-hybridized carbons (Fsp3) is 0.278. The van der Waals surface area contributed by atoms with Gasteiger partial charge < -0.3 is 9.84 Å². The molecule has 0 saturated heterocycles. The van der Waals surface area contributed by atoms with Gasteiger partial charge in [0.2, 0.25) is 0 Å². The molecule has 25 heavy (non-hydrogen) atoms. The molecule has 0 amide bonds. The molecule has 0 heterocycles. The molecule has 5 nitrogen and oxygen atoms in total. The normalized spacial score (nSPS) is 11.2. The fourth-order valence-corrected chi connectivity index (χ4v) is 3.95. The summed E-state index contributed by atoms with van der Waals surface area (Å²) in [6, 6.07) is 13.8. The molecule has 134 valence electrons. The van der Waals surface area contributed by atoms with E-state index in [1.807, 2.05) is 6.07 Å². The lowest BCUT2D eigenvalue weighted by atomic mass is 10.1. The number of carboxylic acids is 1. The minimum atomic E-state index is -3.27. The topological polar surface area (TPSA) is 80.7 Å². The van der Waals surface area contributed by atoms with E-state index in [0.717, 1.165) is 16.5 Å². The maximum Gasteiger partial charge on any atom is 0.341 e. The summed E-state index contributed by atoms with van der Waals surface area (Å²) in [5, 5.41) is 8.62. The van der Waals surface area contributed by atoms with Crippen LogP contribution >= 0.6 is 15.9 Å². The molecule has 0 aliphatic rings. The highest BCUT2D eigenvalue weighted by Gasteiger charge is 2.13. The predicted octanol–water partition coefficient (Wildman–Crippen LogP) is 3.71. The van der Waals surface area contributed by atoms with Gasteiger partial charge >= 0.3 is 5.97 Å². The smallest absolute Gasteiger partial charge is 0.341 e. The zero-order valence-electron chi connectivity index (χ0n) is 13.5. The van der Waals surface area contributed by atoms with Crippen LogP contribution in [-0.2, 0) is 21.1 Å². The second kappa shape index (κ2) is 9.01. The molecule has 0 bridgehead atoms. The summed E-state index contributed by atoms with van der Waals surface area (Å²) in [6.07, 6.45) is 1.98. The number of ether oxygens (including phenoxy) is 1. The number of unbranched alkanes of at least 4 members (excludes halogenated alkanes) is 1. The number of aryl methyl sites for hydroxylation is 1. The largest absolute Gasteiger partial charge is 0.482 e. The van der Waals surface area contributed by atoms with Crippen LogP contribution in [0.4, 0.5) is 0 Å². The standard InChI is InChI=1S/C18H19BrO5S/c19-15-7-9-17(10-8-15)25(22,23)11-2-1-4-14-5-3-6-16(12-14)24-13-18(20)21/h3,5-10,12H,1-2,4,11,13H2,(H,20,21). The van der Waals surface area contributed by atoms with Crippen LogP contribution in [-0.4, -0.2) is 31.9 Å². The van der Waals surface area contributed by atoms with Gasteiger partial charge in [0.15, 0.2) is 16.4 Å². The first-order valence-corrected chi connectivity index (χ1v) is 10.2. The monoisotopic (exact) mass is 426 g/mol. The third-order valence-corrected chi connectivity index (χ3v) is 5.91. The highest BCUT2D eigenvalue weighted by Crippen LogP contribution is 2.18. The predicted molar refractivity (Wildman–Crippen MR) is 98.7 cm³/mol. The molecule has 0 aromatic heterocycles. The van der Waals surface area contributed by atoms with Gasteiger partial charge in [0.1, 0.15) is 5.75 Å². The Morgan fingerprint density at radius 1 is 1.08 bits per heavy atom. The van der Waals surface area contributed by atoms with Crippen molar-refractivity contribution in [2.75, 3.05) is 12.4 Å². The van der Waals surface area contributed by atoms with Crippen molar-refractivity contribution in [3.8, 4) is 5.75 Å². The van der Waals surface area contributed by atoms with Gasteiger partial charge in [-0.25, -0.2) is 13.2 Å². The number of benzene rings is 2. The third-order valence-electron chi connectivity index (χ3n) is 3.56. The highest BCUT2D eigenvalue weighted by atomic mass is 79.9. The molecule has 0 saturated carbocycles. The third kappa shape index (κ3) is 6.51. The molecule has 0 unspecified atom stereocenters. The lowest BCUT2D eigenvalue weighted by molar-refractivity contribution is -0.139. The number of aliphatic carboxylic acids is 1. The summed E-state index contributed by atoms with van der Waals surface area (Å²) in [7, 11) is -3.27. The van der Waals surface area contributed by atoms with Crippen LogP contribution in [0.15, 0.2) is 57.9 Å². The summed E-state index contributed by atoms with van der Waals surface area (Å²) in [4.78, 5) is 10.8. The fourth-order valence-electron chi connectivity index (χ4n) is 2.32. The summed E-state index contributed by atoms with van der Waals surface area (Å²) in [5.74, 6) is -0.421. The zero-order chi connectivity index (χ0) is 18.3. The molecule has 0 fully saturated rings. The minimum absolute atomic E-state index is 0.101. The van der Waals surface area contributed by atoms with Gasteiger partial charge in [-0.15, -0.1) is 0 Å². The minimum Gasteiger partial charge on any atom is -0.482 e. The second-order valence-corrected chi connectivity index (χ2v) is 8.58. The Balaban J connectivity index is 1.83. The second-order valence-electron chi connectivity index (χ2n) is 5.56. The van der Waals surface area contributed by atoms with E-state index in [1.54, 1.807) is 42.5 Å². The van der Waals surface area contributed by atoms with Crippen LogP contribution in [0, 0.1) is 0 Å². The lowest BCUT2D eigenvalue weighted by Gasteiger charge is -2.07. The van der Waals surface area contributed by atoms with E-state index in [0.29, 0.717) is 23.5 Å². The van der Waals surface area contributed by atoms with Crippen molar-refractivity contribution in [2.45, 2.75) is 24.2 Å². The number of halogens is 1. The summed E-state index contributed by atoms with van der Waals surface area (Å²) >= 11 is 3.29. The molecule has 0 atom stereocenters. The molecule has 7 heteroatoms. The van der Waals surface area contributed by atoms with E-state index in [4.69, 9.17) is 9.84 Å². The van der Waals surface area contributed by atoms with Gasteiger partial charge in [0.05, 0.1) is 10.6 Å². The van der Waals surface area contributed by atoms with Crippen LogP contribution in [0.25, 0.3) is 0 Å². The maximum absolute atomic E-state index is 12.3. The van der Waals surface area contributed by atoms with Crippen molar-refractivity contribution in [2.24, 2.45) is 0 Å². The molecule has 0 aliphatic carbocycles. The molecule has 0 spiro atoms. The van der Waals surface area contributed by atoms with Crippen molar-refractivity contribution < 1.29 is 23.1 Å². The number of carbonyl (C=O) groups is 1. The molecule has 2 rings (SSSR count). The van der Waals surface area contributed by atoms with Gasteiger partial charge in [0, 0.05) is 4.47 Å². The molecule has 1 N–H and O–H groups in total. The number of rotatable bonds is 9. The Kier molecular flexibility index (Phi) is 7.01. The Bertz CT molecular complexity index is 816. The van der Waals surface area contributed by atoms with Crippen molar-refractivity contribution in [3.63, 3.8) is 0 Å². The first-order valence-electron chi connectivity index (χ1n) is 7.79. The number of hydrogen-bond donors (Lipinski definition) is 1. The van der Waals surface area contributed by atoms with Crippen LogP contribution in [0.2, 0.25) is 0 Å². The molecular formula is C18H19BrO5S. The maximum atomic E-state index is 12.3. The molecule has 0 radical (unpaired) electrons. The van der Waals surface area contributed by atoms with E-state index in [1.165, 1.54) is 0 Å². The first kappa shape index (κ1) is 19.5. The van der Waals surface area contributed by atoms with Crippen LogP contribution in [0.1, 0.15) is 18.4 Å². The molecule has 2 aromatic carbocycles. The Labute approximate surface area is 155 Å². The molecular weight excluding hydrogens is 408 g/mol. The summed E-state index contributed by atoms with van der Waals surface area (Å²) in [6.45, 7) is -0.380. The number of carboxylic acid groups (broad SMARTS) is 1. The van der Waals surface area contributed by atoms with E-state index in [2.05, 4.69) is 15.9 Å². The van der Waals surface area contributed by atoms with E-state index in [9.17, 15) is 13.2 Å². The van der Waals surface area contributed by atoms with Crippen LogP contribution < -0.4 is 4.74 Å². The quantitative estimate of drug-likeness (QED) is 0.618. The average molecular weight is 427 g/mol. The Morgan fingerprint density at radius 3 is 2.48 bits per heavy atom. The Morgan fingerprint density at radius 2 is 1.80 bits per heavy atom. The Hall–Kier alpha value is -1.86. The number of hydrogen-bond acceptors (Lipinski definition) is 4. The highest BCUT2D eigenvalue weighted by molar-refractivity contribution is 9.10. The van der Waals surface area contributed by atoms with Gasteiger partial charge in [-0.1, -0.05) is 28.1 Å². The van der Waals surface area contributed by atoms with Gasteiger partial charge in [-0.2, -0.15) is 0 Å². The van der Waals surface area contributed by atoms with Gasteiger partial charge in [0.25, 0.3) is 0 Å². The summed E-state index contributed by atoms with van der Waals surface area (Å²) < 4.78 is 30.5. The van der Waals surface area contributed by atoms with E-state index in [-0.39, 0.29) is 12.4 Å². The SMILES string of the molecule is O=C(O)COc1cccc(CCCCS(=O)(=O)c2ccc(Br)cc2)c1. The van der Waals surface area contributed by atoms with Crippen LogP contribution in [0.5, 0.6) is 5.75 Å². The average Bonchev–Trinajstić information content (AvgIpc) is 2.58. The molecule has 0 aliphatic heterocycles. The van der Waals surface area contributed by atoms with E-state index >= 15 is 0 Å². The summed E-state index contributed by atoms with van der Waals surface area (Å²) in [5.41, 5.74) is 0.990. The van der Waals surface area contributed by atoms with Gasteiger partial charge in [-0.3, -0.25) is 0 Å². The van der Waals surface area contributed by atoms with Gasteiger partial charge in [-0.05, 0) is 61.2 Å². The first-order chi connectivity index (χ1) is 11.9. The van der Waals surface area contributed by atoms with Crippen molar-refractivity contribution in [1.29, 1.82) is 0 Å². The van der Waals surface area contributed by atoms with Crippen molar-refractivity contribution in [3.05, 3.63) is 58.6 Å². The van der Waals surface area contributed by atoms with E-state index < -0.39 is 15.8 Å². The number of sulfone groups is 1. The molecule has 2 aromatic rings.